The van der Waals surface area contributed by atoms with E-state index in [1.54, 1.807) is 4.90 Å². The molecule has 2 aliphatic rings. The summed E-state index contributed by atoms with van der Waals surface area (Å²) in [6.45, 7) is 4.08. The van der Waals surface area contributed by atoms with E-state index in [1.165, 1.54) is 7.11 Å². The molecule has 3 heteroatoms. The highest BCUT2D eigenvalue weighted by Gasteiger charge is 2.53. The summed E-state index contributed by atoms with van der Waals surface area (Å²) in [7, 11) is 1.44. The van der Waals surface area contributed by atoms with E-state index in [2.05, 4.69) is 11.7 Å². The number of carbonyl (C=O) groups is 1. The average Bonchev–Trinajstić information content (AvgIpc) is 2.55. The fourth-order valence-electron chi connectivity index (χ4n) is 2.10. The standard InChI is InChI=1S/C8H13NO2/c1-5-6-3-9(4-7(5)6)8(10)11-2/h5-7H,3-4H2,1-2H3/t5?,6-,7+. The molecule has 0 aromatic carbocycles. The molecule has 0 spiro atoms. The van der Waals surface area contributed by atoms with Crippen LogP contribution in [0.25, 0.3) is 0 Å². The van der Waals surface area contributed by atoms with Gasteiger partial charge in [0, 0.05) is 13.1 Å². The Morgan fingerprint density at radius 2 is 2.00 bits per heavy atom. The number of hydrogen-bond donors (Lipinski definition) is 0. The molecule has 1 unspecified atom stereocenters. The van der Waals surface area contributed by atoms with Gasteiger partial charge in [0.15, 0.2) is 0 Å². The molecule has 1 amide bonds. The molecule has 11 heavy (non-hydrogen) atoms. The van der Waals surface area contributed by atoms with Gasteiger partial charge in [-0.1, -0.05) is 6.92 Å². The van der Waals surface area contributed by atoms with E-state index in [9.17, 15) is 4.79 Å². The highest BCUT2D eigenvalue weighted by atomic mass is 16.5. The maximum atomic E-state index is 11.0. The summed E-state index contributed by atoms with van der Waals surface area (Å²) in [6, 6.07) is 0. The van der Waals surface area contributed by atoms with Crippen molar-refractivity contribution in [2.45, 2.75) is 6.92 Å². The van der Waals surface area contributed by atoms with Crippen LogP contribution in [0.4, 0.5) is 4.79 Å². The average molecular weight is 155 g/mol. The molecule has 3 nitrogen and oxygen atoms in total. The fourth-order valence-corrected chi connectivity index (χ4v) is 2.10. The molecule has 2 rings (SSSR count). The van der Waals surface area contributed by atoms with Gasteiger partial charge in [0.25, 0.3) is 0 Å². The zero-order chi connectivity index (χ0) is 8.01. The molecule has 0 aromatic heterocycles. The second-order valence-corrected chi connectivity index (χ2v) is 3.56. The fraction of sp³-hybridized carbons (Fsp3) is 0.875. The van der Waals surface area contributed by atoms with Crippen molar-refractivity contribution in [3.05, 3.63) is 0 Å². The Balaban J connectivity index is 1.90. The van der Waals surface area contributed by atoms with Crippen LogP contribution < -0.4 is 0 Å². The third-order valence-electron chi connectivity index (χ3n) is 3.05. The summed E-state index contributed by atoms with van der Waals surface area (Å²) in [4.78, 5) is 12.8. The van der Waals surface area contributed by atoms with Gasteiger partial charge in [-0.2, -0.15) is 0 Å². The summed E-state index contributed by atoms with van der Waals surface area (Å²) in [5.74, 6) is 2.39. The van der Waals surface area contributed by atoms with Crippen LogP contribution in [-0.2, 0) is 4.74 Å². The van der Waals surface area contributed by atoms with E-state index in [1.807, 2.05) is 0 Å². The van der Waals surface area contributed by atoms with E-state index in [0.29, 0.717) is 0 Å². The van der Waals surface area contributed by atoms with Crippen molar-refractivity contribution < 1.29 is 9.53 Å². The quantitative estimate of drug-likeness (QED) is 0.521. The molecule has 1 heterocycles. The maximum absolute atomic E-state index is 11.0. The lowest BCUT2D eigenvalue weighted by molar-refractivity contribution is 0.127. The second-order valence-electron chi connectivity index (χ2n) is 3.56. The first-order chi connectivity index (χ1) is 5.24. The number of amides is 1. The van der Waals surface area contributed by atoms with Crippen molar-refractivity contribution >= 4 is 6.09 Å². The first-order valence-corrected chi connectivity index (χ1v) is 4.07. The number of methoxy groups -OCH3 is 1. The first-order valence-electron chi connectivity index (χ1n) is 4.07. The van der Waals surface area contributed by atoms with E-state index in [0.717, 1.165) is 30.8 Å². The summed E-state index contributed by atoms with van der Waals surface area (Å²) in [5, 5.41) is 0. The van der Waals surface area contributed by atoms with Crippen molar-refractivity contribution in [3.8, 4) is 0 Å². The highest BCUT2D eigenvalue weighted by Crippen LogP contribution is 2.51. The van der Waals surface area contributed by atoms with Gasteiger partial charge in [-0.05, 0) is 17.8 Å². The smallest absolute Gasteiger partial charge is 0.409 e. The summed E-state index contributed by atoms with van der Waals surface area (Å²) in [6.07, 6.45) is -0.163. The minimum absolute atomic E-state index is 0.163. The minimum Gasteiger partial charge on any atom is -0.453 e. The Kier molecular flexibility index (Phi) is 1.34. The number of nitrogens with zero attached hydrogens (tertiary/aromatic N) is 1. The molecule has 2 fully saturated rings. The minimum atomic E-state index is -0.163. The number of carbonyl (C=O) groups excluding carboxylic acids is 1. The predicted octanol–water partition coefficient (Wildman–Crippen LogP) is 0.951. The highest BCUT2D eigenvalue weighted by molar-refractivity contribution is 5.68. The van der Waals surface area contributed by atoms with E-state index < -0.39 is 0 Å². The lowest BCUT2D eigenvalue weighted by atomic mass is 10.3. The Labute approximate surface area is 66.3 Å². The molecule has 0 radical (unpaired) electrons. The van der Waals surface area contributed by atoms with Crippen LogP contribution in [0.3, 0.4) is 0 Å². The molecule has 1 aliphatic heterocycles. The van der Waals surface area contributed by atoms with Gasteiger partial charge in [0.05, 0.1) is 7.11 Å². The van der Waals surface area contributed by atoms with Crippen LogP contribution >= 0.6 is 0 Å². The van der Waals surface area contributed by atoms with Crippen LogP contribution in [0.5, 0.6) is 0 Å². The molecule has 1 saturated carbocycles. The number of ether oxygens (including phenoxy) is 1. The third kappa shape index (κ3) is 0.905. The molecular formula is C8H13NO2. The van der Waals surface area contributed by atoms with Gasteiger partial charge in [-0.3, -0.25) is 0 Å². The molecular weight excluding hydrogens is 142 g/mol. The van der Waals surface area contributed by atoms with Crippen molar-refractivity contribution in [2.24, 2.45) is 17.8 Å². The predicted molar refractivity (Wildman–Crippen MR) is 40.1 cm³/mol. The molecule has 0 N–H and O–H groups in total. The number of fused-ring (bicyclic) bond motifs is 1. The monoisotopic (exact) mass is 155 g/mol. The normalized spacial score (nSPS) is 40.2. The van der Waals surface area contributed by atoms with Crippen molar-refractivity contribution in [2.75, 3.05) is 20.2 Å². The molecule has 1 aliphatic carbocycles. The van der Waals surface area contributed by atoms with Crippen LogP contribution in [0.1, 0.15) is 6.92 Å². The van der Waals surface area contributed by atoms with Crippen molar-refractivity contribution in [1.82, 2.24) is 4.90 Å². The molecule has 62 valence electrons. The van der Waals surface area contributed by atoms with Crippen LogP contribution in [0, 0.1) is 17.8 Å². The number of hydrogen-bond acceptors (Lipinski definition) is 2. The number of likely N-dealkylation sites (tertiary alicyclic amines) is 1. The van der Waals surface area contributed by atoms with E-state index >= 15 is 0 Å². The Bertz CT molecular complexity index is 181. The van der Waals surface area contributed by atoms with Gasteiger partial charge in [-0.25, -0.2) is 4.79 Å². The van der Waals surface area contributed by atoms with Gasteiger partial charge in [0.2, 0.25) is 0 Å². The largest absolute Gasteiger partial charge is 0.453 e. The Morgan fingerprint density at radius 1 is 1.45 bits per heavy atom. The van der Waals surface area contributed by atoms with Crippen molar-refractivity contribution in [3.63, 3.8) is 0 Å². The van der Waals surface area contributed by atoms with E-state index in [4.69, 9.17) is 0 Å². The number of rotatable bonds is 0. The first kappa shape index (κ1) is 6.95. The molecule has 0 bridgehead atoms. The van der Waals surface area contributed by atoms with Crippen LogP contribution in [0.15, 0.2) is 0 Å². The Hall–Kier alpha value is -0.730. The molecule has 3 atom stereocenters. The third-order valence-corrected chi connectivity index (χ3v) is 3.05. The van der Waals surface area contributed by atoms with Crippen LogP contribution in [-0.4, -0.2) is 31.2 Å². The van der Waals surface area contributed by atoms with Gasteiger partial charge in [0.1, 0.15) is 0 Å². The zero-order valence-corrected chi connectivity index (χ0v) is 6.91. The zero-order valence-electron chi connectivity index (χ0n) is 6.91. The van der Waals surface area contributed by atoms with Crippen molar-refractivity contribution in [1.29, 1.82) is 0 Å². The summed E-state index contributed by atoms with van der Waals surface area (Å²) >= 11 is 0. The van der Waals surface area contributed by atoms with Gasteiger partial charge in [-0.15, -0.1) is 0 Å². The summed E-state index contributed by atoms with van der Waals surface area (Å²) in [5.41, 5.74) is 0. The SMILES string of the molecule is COC(=O)N1C[C@@H]2C(C)[C@@H]2C1. The van der Waals surface area contributed by atoms with Gasteiger partial charge >= 0.3 is 6.09 Å². The lowest BCUT2D eigenvalue weighted by Crippen LogP contribution is -2.30. The molecule has 1 saturated heterocycles. The van der Waals surface area contributed by atoms with Crippen LogP contribution in [0.2, 0.25) is 0 Å². The number of piperidine rings is 1. The maximum Gasteiger partial charge on any atom is 0.409 e. The van der Waals surface area contributed by atoms with E-state index in [-0.39, 0.29) is 6.09 Å². The Morgan fingerprint density at radius 3 is 2.45 bits per heavy atom. The topological polar surface area (TPSA) is 29.5 Å². The molecule has 0 aromatic rings. The summed E-state index contributed by atoms with van der Waals surface area (Å²) < 4.78 is 4.63. The van der Waals surface area contributed by atoms with Gasteiger partial charge < -0.3 is 9.64 Å². The second kappa shape index (κ2) is 2.13. The lowest BCUT2D eigenvalue weighted by Gasteiger charge is -2.16.